The Bertz CT molecular complexity index is 1260. The molecule has 0 amide bonds. The summed E-state index contributed by atoms with van der Waals surface area (Å²) in [6.07, 6.45) is 0.796. The van der Waals surface area contributed by atoms with Gasteiger partial charge in [-0.15, -0.1) is 10.2 Å². The number of aliphatic hydroxyl groups is 2. The fourth-order valence-electron chi connectivity index (χ4n) is 3.27. The van der Waals surface area contributed by atoms with Crippen molar-refractivity contribution in [2.75, 3.05) is 20.7 Å². The highest BCUT2D eigenvalue weighted by Gasteiger charge is 2.17. The minimum atomic E-state index is -0.923. The summed E-state index contributed by atoms with van der Waals surface area (Å²) < 4.78 is 5.88. The van der Waals surface area contributed by atoms with Crippen LogP contribution in [0.25, 0.3) is 40.0 Å². The van der Waals surface area contributed by atoms with Crippen LogP contribution in [0.2, 0.25) is 0 Å². The molecule has 4 aromatic rings. The minimum Gasteiger partial charge on any atom is -0.415 e. The van der Waals surface area contributed by atoms with Crippen LogP contribution in [-0.2, 0) is 0 Å². The van der Waals surface area contributed by atoms with E-state index in [1.807, 2.05) is 50.2 Å². The third-order valence-electron chi connectivity index (χ3n) is 5.35. The van der Waals surface area contributed by atoms with Crippen molar-refractivity contribution in [3.63, 3.8) is 0 Å². The Morgan fingerprint density at radius 1 is 1.00 bits per heavy atom. The van der Waals surface area contributed by atoms with Crippen LogP contribution in [-0.4, -0.2) is 56.0 Å². The Kier molecular flexibility index (Phi) is 6.30. The van der Waals surface area contributed by atoms with Gasteiger partial charge in [-0.3, -0.25) is 4.98 Å². The molecule has 8 nitrogen and oxygen atoms in total. The van der Waals surface area contributed by atoms with Crippen LogP contribution >= 0.6 is 0 Å². The van der Waals surface area contributed by atoms with E-state index in [2.05, 4.69) is 21.8 Å². The van der Waals surface area contributed by atoms with Gasteiger partial charge >= 0.3 is 0 Å². The number of benzene rings is 2. The molecule has 0 bridgehead atoms. The molecule has 2 N–H and O–H groups in total. The normalized spacial score (nSPS) is 11.9. The molecule has 2 aromatic heterocycles. The lowest BCUT2D eigenvalue weighted by Gasteiger charge is -2.16. The zero-order valence-electron chi connectivity index (χ0n) is 18.7. The third kappa shape index (κ3) is 4.67. The van der Waals surface area contributed by atoms with Crippen molar-refractivity contribution >= 4 is 5.70 Å². The smallest absolute Gasteiger partial charge is 0.268 e. The molecule has 4 rings (SSSR count). The van der Waals surface area contributed by atoms with Crippen LogP contribution in [0, 0.1) is 6.92 Å². The Labute approximate surface area is 191 Å². The Hall–Kier alpha value is -3.88. The average molecular weight is 444 g/mol. The predicted octanol–water partition coefficient (Wildman–Crippen LogP) is 3.73. The SMILES string of the molecule is C=C(c1ccc(-c2cnc(C)c(-c3nnc(-c4ccc(C(O)CO)cc4)o3)n2)cc1)N(C)C. The van der Waals surface area contributed by atoms with Crippen LogP contribution in [0.4, 0.5) is 0 Å². The fraction of sp³-hybridized carbons (Fsp3) is 0.200. The molecule has 0 saturated carbocycles. The zero-order valence-corrected chi connectivity index (χ0v) is 18.7. The van der Waals surface area contributed by atoms with Crippen molar-refractivity contribution in [2.24, 2.45) is 0 Å². The second-order valence-corrected chi connectivity index (χ2v) is 7.84. The number of aromatic nitrogens is 4. The molecule has 33 heavy (non-hydrogen) atoms. The van der Waals surface area contributed by atoms with E-state index in [1.165, 1.54) is 0 Å². The first kappa shape index (κ1) is 22.3. The quantitative estimate of drug-likeness (QED) is 0.445. The highest BCUT2D eigenvalue weighted by atomic mass is 16.4. The van der Waals surface area contributed by atoms with Gasteiger partial charge in [0.05, 0.1) is 24.2 Å². The number of aliphatic hydroxyl groups excluding tert-OH is 2. The second kappa shape index (κ2) is 9.32. The maximum absolute atomic E-state index is 9.74. The summed E-state index contributed by atoms with van der Waals surface area (Å²) in [4.78, 5) is 11.2. The monoisotopic (exact) mass is 443 g/mol. The van der Waals surface area contributed by atoms with Gasteiger partial charge in [-0.1, -0.05) is 43.0 Å². The third-order valence-corrected chi connectivity index (χ3v) is 5.35. The summed E-state index contributed by atoms with van der Waals surface area (Å²) in [6.45, 7) is 5.58. The summed E-state index contributed by atoms with van der Waals surface area (Å²) in [5, 5.41) is 27.1. The van der Waals surface area contributed by atoms with Crippen LogP contribution in [0.5, 0.6) is 0 Å². The van der Waals surface area contributed by atoms with Crippen LogP contribution in [0.1, 0.15) is 22.9 Å². The van der Waals surface area contributed by atoms with E-state index in [4.69, 9.17) is 14.5 Å². The molecule has 0 aliphatic heterocycles. The number of hydrogen-bond donors (Lipinski definition) is 2. The first-order valence-electron chi connectivity index (χ1n) is 10.4. The van der Waals surface area contributed by atoms with Gasteiger partial charge in [-0.2, -0.15) is 0 Å². The lowest BCUT2D eigenvalue weighted by molar-refractivity contribution is 0.0956. The highest BCUT2D eigenvalue weighted by Crippen LogP contribution is 2.28. The summed E-state index contributed by atoms with van der Waals surface area (Å²) in [7, 11) is 3.92. The molecule has 0 spiro atoms. The van der Waals surface area contributed by atoms with E-state index in [0.717, 1.165) is 16.8 Å². The Balaban J connectivity index is 1.61. The Morgan fingerprint density at radius 3 is 2.27 bits per heavy atom. The molecular weight excluding hydrogens is 418 g/mol. The van der Waals surface area contributed by atoms with Gasteiger partial charge in [0.25, 0.3) is 5.89 Å². The van der Waals surface area contributed by atoms with Gasteiger partial charge in [-0.05, 0) is 30.2 Å². The lowest BCUT2D eigenvalue weighted by atomic mass is 10.1. The topological polar surface area (TPSA) is 108 Å². The summed E-state index contributed by atoms with van der Waals surface area (Å²) in [5.41, 5.74) is 6.05. The van der Waals surface area contributed by atoms with Crippen LogP contribution in [0.15, 0.2) is 65.7 Å². The first-order valence-corrected chi connectivity index (χ1v) is 10.4. The van der Waals surface area contributed by atoms with Gasteiger partial charge in [-0.25, -0.2) is 4.98 Å². The fourth-order valence-corrected chi connectivity index (χ4v) is 3.27. The second-order valence-electron chi connectivity index (χ2n) is 7.84. The predicted molar refractivity (Wildman–Crippen MR) is 126 cm³/mol. The Morgan fingerprint density at radius 2 is 1.64 bits per heavy atom. The summed E-state index contributed by atoms with van der Waals surface area (Å²) in [5.74, 6) is 0.599. The van der Waals surface area contributed by atoms with Crippen LogP contribution < -0.4 is 0 Å². The van der Waals surface area contributed by atoms with Gasteiger partial charge in [0.2, 0.25) is 5.89 Å². The summed E-state index contributed by atoms with van der Waals surface area (Å²) in [6, 6.07) is 14.9. The van der Waals surface area contributed by atoms with Crippen LogP contribution in [0.3, 0.4) is 0 Å². The number of nitrogens with zero attached hydrogens (tertiary/aromatic N) is 5. The maximum Gasteiger partial charge on any atom is 0.268 e. The van der Waals surface area contributed by atoms with Crippen molar-refractivity contribution in [2.45, 2.75) is 13.0 Å². The molecule has 0 aliphatic carbocycles. The molecule has 8 heteroatoms. The van der Waals surface area contributed by atoms with Gasteiger partial charge in [0.15, 0.2) is 0 Å². The molecule has 0 radical (unpaired) electrons. The van der Waals surface area contributed by atoms with Gasteiger partial charge < -0.3 is 19.5 Å². The number of aryl methyl sites for hydroxylation is 1. The van der Waals surface area contributed by atoms with E-state index in [-0.39, 0.29) is 12.5 Å². The highest BCUT2D eigenvalue weighted by molar-refractivity contribution is 5.68. The lowest BCUT2D eigenvalue weighted by Crippen LogP contribution is -2.08. The maximum atomic E-state index is 9.74. The molecule has 168 valence electrons. The van der Waals surface area contributed by atoms with Gasteiger partial charge in [0, 0.05) is 30.9 Å². The number of hydrogen-bond acceptors (Lipinski definition) is 8. The van der Waals surface area contributed by atoms with E-state index in [9.17, 15) is 5.11 Å². The molecule has 0 aliphatic rings. The summed E-state index contributed by atoms with van der Waals surface area (Å²) >= 11 is 0. The number of rotatable bonds is 7. The molecule has 1 unspecified atom stereocenters. The largest absolute Gasteiger partial charge is 0.415 e. The van der Waals surface area contributed by atoms with E-state index >= 15 is 0 Å². The molecule has 1 atom stereocenters. The standard InChI is InChI=1S/C25H25N5O3/c1-15-23(25-29-28-24(33-25)20-11-9-19(10-12-20)22(32)14-31)27-21(13-26-15)18-7-5-17(6-8-18)16(2)30(3)4/h5-13,22,31-32H,2,14H2,1,3-4H3. The molecular formula is C25H25N5O3. The minimum absolute atomic E-state index is 0.272. The average Bonchev–Trinajstić information content (AvgIpc) is 3.33. The van der Waals surface area contributed by atoms with Crippen molar-refractivity contribution in [1.29, 1.82) is 0 Å². The zero-order chi connectivity index (χ0) is 23.5. The van der Waals surface area contributed by atoms with E-state index < -0.39 is 6.10 Å². The van der Waals surface area contributed by atoms with E-state index in [1.54, 1.807) is 30.5 Å². The van der Waals surface area contributed by atoms with Gasteiger partial charge in [0.1, 0.15) is 11.8 Å². The molecule has 0 fully saturated rings. The van der Waals surface area contributed by atoms with Crippen molar-refractivity contribution in [1.82, 2.24) is 25.1 Å². The molecule has 0 saturated heterocycles. The van der Waals surface area contributed by atoms with Crippen molar-refractivity contribution < 1.29 is 14.6 Å². The van der Waals surface area contributed by atoms with E-state index in [0.29, 0.717) is 34.1 Å². The molecule has 2 aromatic carbocycles. The first-order chi connectivity index (χ1) is 15.9. The van der Waals surface area contributed by atoms with Crippen molar-refractivity contribution in [3.05, 3.63) is 78.1 Å². The molecule has 2 heterocycles. The van der Waals surface area contributed by atoms with Crippen molar-refractivity contribution in [3.8, 4) is 34.3 Å².